The van der Waals surface area contributed by atoms with Crippen LogP contribution in [0, 0.1) is 0 Å². The summed E-state index contributed by atoms with van der Waals surface area (Å²) in [6.07, 6.45) is 0. The minimum Gasteiger partial charge on any atom is -0.508 e. The lowest BCUT2D eigenvalue weighted by Crippen LogP contribution is -2.12. The van der Waals surface area contributed by atoms with Crippen LogP contribution in [0.3, 0.4) is 0 Å². The van der Waals surface area contributed by atoms with Crippen molar-refractivity contribution in [3.63, 3.8) is 0 Å². The van der Waals surface area contributed by atoms with Crippen molar-refractivity contribution in [1.29, 1.82) is 0 Å². The van der Waals surface area contributed by atoms with Gasteiger partial charge < -0.3 is 21.3 Å². The quantitative estimate of drug-likeness (QED) is 0.498. The Kier molecular flexibility index (Phi) is 3.68. The number of aliphatic hydroxyl groups is 1. The third kappa shape index (κ3) is 3.02. The van der Waals surface area contributed by atoms with Gasteiger partial charge in [-0.25, -0.2) is 0 Å². The van der Waals surface area contributed by atoms with Crippen molar-refractivity contribution in [3.8, 4) is 5.75 Å². The second kappa shape index (κ2) is 5.41. The number of nitrogens with one attached hydrogen (secondary N) is 1. The number of hydrogen-bond donors (Lipinski definition) is 4. The number of benzene rings is 2. The number of rotatable bonds is 3. The third-order valence-electron chi connectivity index (χ3n) is 2.70. The number of aliphatic hydroxyl groups excluding tert-OH is 1. The summed E-state index contributed by atoms with van der Waals surface area (Å²) in [7, 11) is 0. The van der Waals surface area contributed by atoms with Crippen molar-refractivity contribution in [2.45, 2.75) is 6.61 Å². The Bertz CT molecular complexity index is 594. The summed E-state index contributed by atoms with van der Waals surface area (Å²) in [4.78, 5) is 12.0. The number of nitrogen functional groups attached to an aromatic ring is 1. The van der Waals surface area contributed by atoms with Crippen LogP contribution >= 0.6 is 0 Å². The summed E-state index contributed by atoms with van der Waals surface area (Å²) in [6.45, 7) is -0.161. The van der Waals surface area contributed by atoms with E-state index in [-0.39, 0.29) is 18.3 Å². The summed E-state index contributed by atoms with van der Waals surface area (Å²) < 4.78 is 0. The van der Waals surface area contributed by atoms with E-state index in [1.54, 1.807) is 24.3 Å². The maximum Gasteiger partial charge on any atom is 0.255 e. The maximum absolute atomic E-state index is 12.0. The summed E-state index contributed by atoms with van der Waals surface area (Å²) in [5.41, 5.74) is 7.65. The first kappa shape index (κ1) is 12.9. The van der Waals surface area contributed by atoms with Crippen molar-refractivity contribution in [2.24, 2.45) is 0 Å². The van der Waals surface area contributed by atoms with Crippen LogP contribution in [0.5, 0.6) is 5.75 Å². The lowest BCUT2D eigenvalue weighted by atomic mass is 10.1. The molecule has 0 aromatic heterocycles. The van der Waals surface area contributed by atoms with Crippen LogP contribution in [-0.2, 0) is 6.61 Å². The Balaban J connectivity index is 2.16. The highest BCUT2D eigenvalue weighted by Crippen LogP contribution is 2.17. The van der Waals surface area contributed by atoms with Crippen molar-refractivity contribution in [1.82, 2.24) is 0 Å². The van der Waals surface area contributed by atoms with Gasteiger partial charge in [-0.2, -0.15) is 0 Å². The lowest BCUT2D eigenvalue weighted by molar-refractivity contribution is 0.102. The first-order valence-electron chi connectivity index (χ1n) is 5.70. The molecule has 5 N–H and O–H groups in total. The zero-order chi connectivity index (χ0) is 13.8. The van der Waals surface area contributed by atoms with Crippen LogP contribution in [0.4, 0.5) is 11.4 Å². The molecule has 0 saturated heterocycles. The molecule has 0 spiro atoms. The Labute approximate surface area is 110 Å². The Morgan fingerprint density at radius 2 is 1.84 bits per heavy atom. The molecule has 1 amide bonds. The van der Waals surface area contributed by atoms with Crippen molar-refractivity contribution >= 4 is 17.3 Å². The van der Waals surface area contributed by atoms with Gasteiger partial charge in [0, 0.05) is 22.5 Å². The fourth-order valence-electron chi connectivity index (χ4n) is 1.63. The first-order valence-corrected chi connectivity index (χ1v) is 5.70. The zero-order valence-electron chi connectivity index (χ0n) is 10.1. The molecule has 0 aliphatic heterocycles. The first-order chi connectivity index (χ1) is 9.10. The average Bonchev–Trinajstić information content (AvgIpc) is 2.41. The highest BCUT2D eigenvalue weighted by Gasteiger charge is 2.08. The highest BCUT2D eigenvalue weighted by atomic mass is 16.3. The molecule has 0 fully saturated rings. The predicted molar refractivity (Wildman–Crippen MR) is 72.8 cm³/mol. The van der Waals surface area contributed by atoms with E-state index in [2.05, 4.69) is 5.32 Å². The van der Waals surface area contributed by atoms with E-state index >= 15 is 0 Å². The molecule has 5 nitrogen and oxygen atoms in total. The standard InChI is InChI=1S/C14H14N2O3/c15-13-7-9(1-2-10(13)8-17)14(19)16-11-3-5-12(18)6-4-11/h1-7,17-18H,8,15H2,(H,16,19). The van der Waals surface area contributed by atoms with E-state index in [4.69, 9.17) is 15.9 Å². The Hall–Kier alpha value is -2.53. The van der Waals surface area contributed by atoms with Gasteiger partial charge in [0.25, 0.3) is 5.91 Å². The maximum atomic E-state index is 12.0. The largest absolute Gasteiger partial charge is 0.508 e. The van der Waals surface area contributed by atoms with Gasteiger partial charge in [0.05, 0.1) is 6.61 Å². The van der Waals surface area contributed by atoms with Crippen LogP contribution in [0.2, 0.25) is 0 Å². The molecule has 0 atom stereocenters. The molecule has 0 bridgehead atoms. The number of aromatic hydroxyl groups is 1. The van der Waals surface area contributed by atoms with Gasteiger partial charge >= 0.3 is 0 Å². The van der Waals surface area contributed by atoms with Crippen molar-refractivity contribution < 1.29 is 15.0 Å². The number of carbonyl (C=O) groups excluding carboxylic acids is 1. The fourth-order valence-corrected chi connectivity index (χ4v) is 1.63. The molecule has 0 unspecified atom stereocenters. The van der Waals surface area contributed by atoms with Gasteiger partial charge in [0.2, 0.25) is 0 Å². The average molecular weight is 258 g/mol. The van der Waals surface area contributed by atoms with Crippen LogP contribution in [0.15, 0.2) is 42.5 Å². The zero-order valence-corrected chi connectivity index (χ0v) is 10.1. The van der Waals surface area contributed by atoms with Crippen molar-refractivity contribution in [2.75, 3.05) is 11.1 Å². The molecule has 0 saturated carbocycles. The van der Waals surface area contributed by atoms with Crippen molar-refractivity contribution in [3.05, 3.63) is 53.6 Å². The Morgan fingerprint density at radius 3 is 2.42 bits per heavy atom. The van der Waals surface area contributed by atoms with Gasteiger partial charge in [-0.1, -0.05) is 6.07 Å². The molecule has 0 aliphatic rings. The van der Waals surface area contributed by atoms with Crippen LogP contribution in [-0.4, -0.2) is 16.1 Å². The molecule has 98 valence electrons. The number of anilines is 2. The third-order valence-corrected chi connectivity index (χ3v) is 2.70. The number of phenols is 1. The van der Waals surface area contributed by atoms with Gasteiger partial charge in [-0.05, 0) is 36.4 Å². The van der Waals surface area contributed by atoms with E-state index in [9.17, 15) is 4.79 Å². The van der Waals surface area contributed by atoms with Gasteiger partial charge in [-0.3, -0.25) is 4.79 Å². The van der Waals surface area contributed by atoms with Gasteiger partial charge in [0.1, 0.15) is 5.75 Å². The fraction of sp³-hybridized carbons (Fsp3) is 0.0714. The van der Waals surface area contributed by atoms with E-state index < -0.39 is 0 Å². The molecule has 5 heteroatoms. The second-order valence-electron chi connectivity index (χ2n) is 4.07. The minimum atomic E-state index is -0.304. The minimum absolute atomic E-state index is 0.134. The molecule has 2 aromatic carbocycles. The molecule has 0 aliphatic carbocycles. The second-order valence-corrected chi connectivity index (χ2v) is 4.07. The number of hydrogen-bond acceptors (Lipinski definition) is 4. The Morgan fingerprint density at radius 1 is 1.16 bits per heavy atom. The monoisotopic (exact) mass is 258 g/mol. The van der Waals surface area contributed by atoms with Crippen LogP contribution in [0.1, 0.15) is 15.9 Å². The molecular formula is C14H14N2O3. The van der Waals surface area contributed by atoms with E-state index in [0.29, 0.717) is 22.5 Å². The molecule has 2 aromatic rings. The normalized spacial score (nSPS) is 10.2. The summed E-state index contributed by atoms with van der Waals surface area (Å²) in [6, 6.07) is 10.9. The topological polar surface area (TPSA) is 95.6 Å². The van der Waals surface area contributed by atoms with E-state index in [0.717, 1.165) is 0 Å². The predicted octanol–water partition coefficient (Wildman–Crippen LogP) is 1.72. The summed E-state index contributed by atoms with van der Waals surface area (Å²) >= 11 is 0. The SMILES string of the molecule is Nc1cc(C(=O)Nc2ccc(O)cc2)ccc1CO. The van der Waals surface area contributed by atoms with E-state index in [1.165, 1.54) is 18.2 Å². The number of carbonyl (C=O) groups is 1. The molecule has 2 rings (SSSR count). The lowest BCUT2D eigenvalue weighted by Gasteiger charge is -2.08. The van der Waals surface area contributed by atoms with Crippen LogP contribution in [0.25, 0.3) is 0 Å². The number of amides is 1. The summed E-state index contributed by atoms with van der Waals surface area (Å²) in [5.74, 6) is -0.170. The number of phenolic OH excluding ortho intramolecular Hbond substituents is 1. The summed E-state index contributed by atoms with van der Waals surface area (Å²) in [5, 5.41) is 20.8. The molecular weight excluding hydrogens is 244 g/mol. The molecule has 19 heavy (non-hydrogen) atoms. The molecule has 0 radical (unpaired) electrons. The number of nitrogens with two attached hydrogens (primary N) is 1. The smallest absolute Gasteiger partial charge is 0.255 e. The van der Waals surface area contributed by atoms with E-state index in [1.807, 2.05) is 0 Å². The van der Waals surface area contributed by atoms with Crippen LogP contribution < -0.4 is 11.1 Å². The molecule has 0 heterocycles. The highest BCUT2D eigenvalue weighted by molar-refractivity contribution is 6.04. The van der Waals surface area contributed by atoms with Gasteiger partial charge in [-0.15, -0.1) is 0 Å². The van der Waals surface area contributed by atoms with Gasteiger partial charge in [0.15, 0.2) is 0 Å².